The highest BCUT2D eigenvalue weighted by atomic mass is 16.1. The molecule has 20 heavy (non-hydrogen) atoms. The van der Waals surface area contributed by atoms with Crippen LogP contribution in [0.2, 0.25) is 0 Å². The molecular formula is C16H17N3O. The fraction of sp³-hybridized carbons (Fsp3) is 0.188. The summed E-state index contributed by atoms with van der Waals surface area (Å²) in [6, 6.07) is 12.2. The summed E-state index contributed by atoms with van der Waals surface area (Å²) < 4.78 is 2.04. The number of carbonyl (C=O) groups is 1. The van der Waals surface area contributed by atoms with Gasteiger partial charge in [0.25, 0.3) is 0 Å². The lowest BCUT2D eigenvalue weighted by molar-refractivity contribution is -0.121. The van der Waals surface area contributed by atoms with Gasteiger partial charge in [-0.3, -0.25) is 4.79 Å². The van der Waals surface area contributed by atoms with Crippen LogP contribution in [0.15, 0.2) is 48.8 Å². The largest absolute Gasteiger partial charge is 0.367 e. The van der Waals surface area contributed by atoms with E-state index in [4.69, 9.17) is 0 Å². The first kappa shape index (κ1) is 12.5. The predicted molar refractivity (Wildman–Crippen MR) is 79.3 cm³/mol. The van der Waals surface area contributed by atoms with Gasteiger partial charge in [0.05, 0.1) is 0 Å². The van der Waals surface area contributed by atoms with Crippen LogP contribution in [0, 0.1) is 6.92 Å². The van der Waals surface area contributed by atoms with Crippen LogP contribution in [-0.2, 0) is 17.9 Å². The molecule has 0 unspecified atom stereocenters. The Balaban J connectivity index is 1.72. The van der Waals surface area contributed by atoms with E-state index in [0.717, 1.165) is 16.8 Å². The van der Waals surface area contributed by atoms with Crippen molar-refractivity contribution < 1.29 is 4.79 Å². The summed E-state index contributed by atoms with van der Waals surface area (Å²) in [6.45, 7) is 2.93. The number of nitrogens with one attached hydrogen (secondary N) is 2. The zero-order valence-corrected chi connectivity index (χ0v) is 11.4. The molecule has 2 N–H and O–H groups in total. The third-order valence-electron chi connectivity index (χ3n) is 3.47. The van der Waals surface area contributed by atoms with Crippen molar-refractivity contribution in [1.82, 2.24) is 14.9 Å². The molecule has 4 nitrogen and oxygen atoms in total. The van der Waals surface area contributed by atoms with Gasteiger partial charge in [-0.25, -0.2) is 0 Å². The third-order valence-corrected chi connectivity index (χ3v) is 3.47. The smallest absolute Gasteiger partial charge is 0.240 e. The first-order valence-corrected chi connectivity index (χ1v) is 6.67. The monoisotopic (exact) mass is 267 g/mol. The number of amides is 1. The molecule has 0 saturated carbocycles. The molecule has 0 radical (unpaired) electrons. The van der Waals surface area contributed by atoms with E-state index in [-0.39, 0.29) is 5.91 Å². The highest BCUT2D eigenvalue weighted by Gasteiger charge is 2.09. The lowest BCUT2D eigenvalue weighted by Gasteiger charge is -2.08. The van der Waals surface area contributed by atoms with E-state index in [1.807, 2.05) is 48.1 Å². The minimum atomic E-state index is 0.0238. The molecule has 102 valence electrons. The van der Waals surface area contributed by atoms with E-state index in [2.05, 4.69) is 22.4 Å². The topological polar surface area (TPSA) is 49.8 Å². The summed E-state index contributed by atoms with van der Waals surface area (Å²) in [5.41, 5.74) is 3.28. The van der Waals surface area contributed by atoms with Gasteiger partial charge in [0.2, 0.25) is 5.91 Å². The number of nitrogens with zero attached hydrogens (tertiary/aromatic N) is 1. The molecule has 0 bridgehead atoms. The Kier molecular flexibility index (Phi) is 3.29. The SMILES string of the molecule is Cc1cc2ccccc2n1CC(=O)NCc1cc[nH]c1. The van der Waals surface area contributed by atoms with E-state index >= 15 is 0 Å². The number of hydrogen-bond donors (Lipinski definition) is 2. The van der Waals surface area contributed by atoms with Gasteiger partial charge in [-0.2, -0.15) is 0 Å². The van der Waals surface area contributed by atoms with E-state index in [1.54, 1.807) is 0 Å². The standard InChI is InChI=1S/C16H17N3O/c1-12-8-14-4-2-3-5-15(14)19(12)11-16(20)18-10-13-6-7-17-9-13/h2-9,17H,10-11H2,1H3,(H,18,20). The number of aryl methyl sites for hydroxylation is 1. The number of aromatic amines is 1. The van der Waals surface area contributed by atoms with Crippen molar-refractivity contribution in [3.63, 3.8) is 0 Å². The zero-order chi connectivity index (χ0) is 13.9. The van der Waals surface area contributed by atoms with Crippen molar-refractivity contribution in [3.05, 3.63) is 60.0 Å². The molecule has 1 aromatic carbocycles. The fourth-order valence-corrected chi connectivity index (χ4v) is 2.43. The fourth-order valence-electron chi connectivity index (χ4n) is 2.43. The number of para-hydroxylation sites is 1. The summed E-state index contributed by atoms with van der Waals surface area (Å²) in [5, 5.41) is 4.11. The Hall–Kier alpha value is -2.49. The molecule has 0 spiro atoms. The molecule has 2 aromatic heterocycles. The number of hydrogen-bond acceptors (Lipinski definition) is 1. The molecule has 0 aliphatic carbocycles. The number of benzene rings is 1. The Bertz CT molecular complexity index is 725. The second kappa shape index (κ2) is 5.25. The summed E-state index contributed by atoms with van der Waals surface area (Å²) in [6.07, 6.45) is 3.74. The lowest BCUT2D eigenvalue weighted by Crippen LogP contribution is -2.27. The molecular weight excluding hydrogens is 250 g/mol. The van der Waals surface area contributed by atoms with Crippen LogP contribution in [0.25, 0.3) is 10.9 Å². The van der Waals surface area contributed by atoms with Crippen molar-refractivity contribution in [2.45, 2.75) is 20.0 Å². The molecule has 0 atom stereocenters. The number of fused-ring (bicyclic) bond motifs is 1. The van der Waals surface area contributed by atoms with Crippen molar-refractivity contribution in [3.8, 4) is 0 Å². The maximum atomic E-state index is 12.1. The average molecular weight is 267 g/mol. The van der Waals surface area contributed by atoms with Crippen LogP contribution in [-0.4, -0.2) is 15.5 Å². The quantitative estimate of drug-likeness (QED) is 0.750. The van der Waals surface area contributed by atoms with Gasteiger partial charge in [0.1, 0.15) is 6.54 Å². The first-order chi connectivity index (χ1) is 9.74. The molecule has 1 amide bonds. The lowest BCUT2D eigenvalue weighted by atomic mass is 10.2. The van der Waals surface area contributed by atoms with Crippen molar-refractivity contribution in [1.29, 1.82) is 0 Å². The minimum absolute atomic E-state index is 0.0238. The summed E-state index contributed by atoms with van der Waals surface area (Å²) in [7, 11) is 0. The maximum absolute atomic E-state index is 12.1. The first-order valence-electron chi connectivity index (χ1n) is 6.67. The Morgan fingerprint density at radius 1 is 1.30 bits per heavy atom. The van der Waals surface area contributed by atoms with Crippen LogP contribution in [0.5, 0.6) is 0 Å². The number of carbonyl (C=O) groups excluding carboxylic acids is 1. The van der Waals surface area contributed by atoms with Gasteiger partial charge in [0.15, 0.2) is 0 Å². The molecule has 0 aliphatic rings. The van der Waals surface area contributed by atoms with Crippen LogP contribution in [0.1, 0.15) is 11.3 Å². The van der Waals surface area contributed by atoms with Gasteiger partial charge in [-0.15, -0.1) is 0 Å². The van der Waals surface area contributed by atoms with E-state index < -0.39 is 0 Å². The van der Waals surface area contributed by atoms with Gasteiger partial charge in [0, 0.05) is 30.1 Å². The number of H-pyrrole nitrogens is 1. The second-order valence-electron chi connectivity index (χ2n) is 4.93. The summed E-state index contributed by atoms with van der Waals surface area (Å²) in [5.74, 6) is 0.0238. The number of rotatable bonds is 4. The van der Waals surface area contributed by atoms with Crippen LogP contribution < -0.4 is 5.32 Å². The Morgan fingerprint density at radius 2 is 2.15 bits per heavy atom. The summed E-state index contributed by atoms with van der Waals surface area (Å²) in [4.78, 5) is 15.0. The Labute approximate surface area is 117 Å². The van der Waals surface area contributed by atoms with E-state index in [1.165, 1.54) is 5.39 Å². The number of aromatic nitrogens is 2. The van der Waals surface area contributed by atoms with Gasteiger partial charge in [-0.1, -0.05) is 18.2 Å². The van der Waals surface area contributed by atoms with Gasteiger partial charge >= 0.3 is 0 Å². The van der Waals surface area contributed by atoms with Crippen LogP contribution in [0.4, 0.5) is 0 Å². The Morgan fingerprint density at radius 3 is 2.95 bits per heavy atom. The maximum Gasteiger partial charge on any atom is 0.240 e. The molecule has 4 heteroatoms. The third kappa shape index (κ3) is 2.45. The molecule has 0 saturated heterocycles. The van der Waals surface area contributed by atoms with Gasteiger partial charge < -0.3 is 14.9 Å². The van der Waals surface area contributed by atoms with Gasteiger partial charge in [-0.05, 0) is 36.1 Å². The normalized spacial score (nSPS) is 10.8. The van der Waals surface area contributed by atoms with Crippen LogP contribution >= 0.6 is 0 Å². The van der Waals surface area contributed by atoms with Crippen molar-refractivity contribution >= 4 is 16.8 Å². The molecule has 0 aliphatic heterocycles. The second-order valence-corrected chi connectivity index (χ2v) is 4.93. The van der Waals surface area contributed by atoms with E-state index in [0.29, 0.717) is 13.1 Å². The molecule has 3 aromatic rings. The molecule has 0 fully saturated rings. The van der Waals surface area contributed by atoms with Crippen molar-refractivity contribution in [2.24, 2.45) is 0 Å². The van der Waals surface area contributed by atoms with Crippen LogP contribution in [0.3, 0.4) is 0 Å². The van der Waals surface area contributed by atoms with Crippen molar-refractivity contribution in [2.75, 3.05) is 0 Å². The highest BCUT2D eigenvalue weighted by molar-refractivity contribution is 5.84. The van der Waals surface area contributed by atoms with E-state index in [9.17, 15) is 4.79 Å². The molecule has 3 rings (SSSR count). The molecule has 2 heterocycles. The minimum Gasteiger partial charge on any atom is -0.367 e. The highest BCUT2D eigenvalue weighted by Crippen LogP contribution is 2.18. The zero-order valence-electron chi connectivity index (χ0n) is 11.4. The summed E-state index contributed by atoms with van der Waals surface area (Å²) >= 11 is 0. The predicted octanol–water partition coefficient (Wildman–Crippen LogP) is 2.59. The average Bonchev–Trinajstić information content (AvgIpc) is 3.06.